The van der Waals surface area contributed by atoms with Crippen LogP contribution in [0.4, 0.5) is 5.69 Å². The number of halogens is 2. The Hall–Kier alpha value is -1.47. The van der Waals surface area contributed by atoms with Crippen molar-refractivity contribution in [3.8, 4) is 5.75 Å². The lowest BCUT2D eigenvalue weighted by Crippen LogP contribution is -2.34. The van der Waals surface area contributed by atoms with Crippen LogP contribution in [0.2, 0.25) is 0 Å². The summed E-state index contributed by atoms with van der Waals surface area (Å²) in [4.78, 5) is 24.0. The van der Waals surface area contributed by atoms with Gasteiger partial charge in [-0.3, -0.25) is 10.1 Å². The quantitative estimate of drug-likeness (QED) is 0.318. The maximum absolute atomic E-state index is 12.5. The lowest BCUT2D eigenvalue weighted by Gasteiger charge is -2.14. The van der Waals surface area contributed by atoms with Crippen molar-refractivity contribution in [3.63, 3.8) is 0 Å². The molecule has 0 aliphatic rings. The number of carboxylic acid groups (broad SMARTS) is 1. The highest BCUT2D eigenvalue weighted by atomic mass is 127. The second-order valence-corrected chi connectivity index (χ2v) is 9.07. The number of hydrogen-bond acceptors (Lipinski definition) is 4. The van der Waals surface area contributed by atoms with Crippen LogP contribution in [0.25, 0.3) is 0 Å². The van der Waals surface area contributed by atoms with Crippen LogP contribution in [0.3, 0.4) is 0 Å². The Balaban J connectivity index is 2.11. The minimum absolute atomic E-state index is 0.0140. The second kappa shape index (κ2) is 10.3. The Bertz CT molecular complexity index is 919. The normalized spacial score (nSPS) is 10.5. The van der Waals surface area contributed by atoms with E-state index in [0.717, 1.165) is 3.57 Å². The number of benzene rings is 2. The number of nitrogens with one attached hydrogen (secondary N) is 2. The predicted octanol–water partition coefficient (Wildman–Crippen LogP) is 4.76. The van der Waals surface area contributed by atoms with Crippen molar-refractivity contribution in [1.82, 2.24) is 5.32 Å². The van der Waals surface area contributed by atoms with Gasteiger partial charge < -0.3 is 15.2 Å². The van der Waals surface area contributed by atoms with E-state index in [1.807, 2.05) is 65.1 Å². The van der Waals surface area contributed by atoms with Crippen molar-refractivity contribution < 1.29 is 19.4 Å². The number of amides is 1. The smallest absolute Gasteiger partial charge is 0.337 e. The first kappa shape index (κ1) is 22.8. The molecule has 0 bridgehead atoms. The van der Waals surface area contributed by atoms with E-state index >= 15 is 0 Å². The fraction of sp³-hybridized carbons (Fsp3) is 0.211. The standard InChI is InChI=1S/C19H18I2N2O4S/c1-10(2)9-27-13-5-3-4-11(6-13)17(24)23-19(28)22-16-14(18(25)26)7-12(20)8-15(16)21/h3-8,10H,9H2,1-2H3,(H,25,26)(H2,22,23,24,28). The van der Waals surface area contributed by atoms with Gasteiger partial charge in [0.05, 0.1) is 17.9 Å². The van der Waals surface area contributed by atoms with Gasteiger partial charge in [-0.05, 0) is 93.6 Å². The summed E-state index contributed by atoms with van der Waals surface area (Å²) in [5, 5.41) is 14.8. The number of aromatic carboxylic acids is 1. The van der Waals surface area contributed by atoms with E-state index in [2.05, 4.69) is 10.6 Å². The monoisotopic (exact) mass is 624 g/mol. The predicted molar refractivity (Wildman–Crippen MR) is 129 cm³/mol. The van der Waals surface area contributed by atoms with Crippen LogP contribution < -0.4 is 15.4 Å². The molecule has 0 unspecified atom stereocenters. The molecule has 6 nitrogen and oxygen atoms in total. The molecule has 0 aliphatic heterocycles. The van der Waals surface area contributed by atoms with Crippen molar-refractivity contribution in [3.05, 3.63) is 54.7 Å². The third-order valence-electron chi connectivity index (χ3n) is 3.43. The van der Waals surface area contributed by atoms with E-state index in [0.29, 0.717) is 33.1 Å². The number of carboxylic acids is 1. The van der Waals surface area contributed by atoms with Gasteiger partial charge in [-0.25, -0.2) is 4.79 Å². The van der Waals surface area contributed by atoms with Gasteiger partial charge in [-0.15, -0.1) is 0 Å². The molecule has 1 amide bonds. The minimum atomic E-state index is -1.08. The molecule has 148 valence electrons. The highest BCUT2D eigenvalue weighted by Gasteiger charge is 2.17. The molecule has 0 spiro atoms. The summed E-state index contributed by atoms with van der Waals surface area (Å²) in [6, 6.07) is 10.1. The number of carbonyl (C=O) groups is 2. The number of hydrogen-bond donors (Lipinski definition) is 3. The van der Waals surface area contributed by atoms with Gasteiger partial charge in [0.25, 0.3) is 5.91 Å². The van der Waals surface area contributed by atoms with Gasteiger partial charge in [-0.2, -0.15) is 0 Å². The summed E-state index contributed by atoms with van der Waals surface area (Å²) < 4.78 is 7.11. The molecule has 0 atom stereocenters. The fourth-order valence-corrected chi connectivity index (χ4v) is 4.35. The maximum atomic E-state index is 12.5. The van der Waals surface area contributed by atoms with Crippen LogP contribution >= 0.6 is 57.4 Å². The lowest BCUT2D eigenvalue weighted by molar-refractivity contribution is 0.0697. The molecule has 0 aromatic heterocycles. The molecule has 28 heavy (non-hydrogen) atoms. The lowest BCUT2D eigenvalue weighted by atomic mass is 10.2. The first-order valence-corrected chi connectivity index (χ1v) is 10.8. The Morgan fingerprint density at radius 3 is 2.57 bits per heavy atom. The number of carbonyl (C=O) groups excluding carboxylic acids is 1. The Labute approximate surface area is 195 Å². The van der Waals surface area contributed by atoms with Crippen LogP contribution in [0.15, 0.2) is 36.4 Å². The van der Waals surface area contributed by atoms with Gasteiger partial charge in [-0.1, -0.05) is 19.9 Å². The van der Waals surface area contributed by atoms with Crippen LogP contribution in [-0.2, 0) is 0 Å². The highest BCUT2D eigenvalue weighted by Crippen LogP contribution is 2.26. The molecule has 0 heterocycles. The van der Waals surface area contributed by atoms with Crippen LogP contribution in [0, 0.1) is 13.1 Å². The average Bonchev–Trinajstić information content (AvgIpc) is 2.62. The molecule has 9 heteroatoms. The summed E-state index contributed by atoms with van der Waals surface area (Å²) in [5.74, 6) is -0.525. The van der Waals surface area contributed by atoms with E-state index in [-0.39, 0.29) is 10.7 Å². The van der Waals surface area contributed by atoms with Gasteiger partial charge in [0.2, 0.25) is 0 Å². The Kier molecular flexibility index (Phi) is 8.43. The zero-order valence-electron chi connectivity index (χ0n) is 15.1. The first-order valence-electron chi connectivity index (χ1n) is 8.25. The zero-order valence-corrected chi connectivity index (χ0v) is 20.2. The van der Waals surface area contributed by atoms with Gasteiger partial charge in [0, 0.05) is 12.7 Å². The fourth-order valence-electron chi connectivity index (χ4n) is 2.18. The average molecular weight is 624 g/mol. The molecule has 0 aliphatic carbocycles. The van der Waals surface area contributed by atoms with Crippen LogP contribution in [0.1, 0.15) is 34.6 Å². The second-order valence-electron chi connectivity index (χ2n) is 6.26. The summed E-state index contributed by atoms with van der Waals surface area (Å²) in [5.41, 5.74) is 0.811. The Morgan fingerprint density at radius 2 is 1.93 bits per heavy atom. The van der Waals surface area contributed by atoms with Crippen molar-refractivity contribution in [2.45, 2.75) is 13.8 Å². The molecule has 0 saturated carbocycles. The summed E-state index contributed by atoms with van der Waals surface area (Å²) in [6.07, 6.45) is 0. The third kappa shape index (κ3) is 6.55. The molecule has 3 N–H and O–H groups in total. The highest BCUT2D eigenvalue weighted by molar-refractivity contribution is 14.1. The largest absolute Gasteiger partial charge is 0.493 e. The van der Waals surface area contributed by atoms with E-state index in [1.54, 1.807) is 24.3 Å². The number of rotatable bonds is 6. The zero-order chi connectivity index (χ0) is 20.8. The number of anilines is 1. The van der Waals surface area contributed by atoms with Crippen molar-refractivity contribution >= 4 is 80.1 Å². The minimum Gasteiger partial charge on any atom is -0.493 e. The molecule has 2 aromatic rings. The SMILES string of the molecule is CC(C)COc1cccc(C(=O)NC(=S)Nc2c(I)cc(I)cc2C(=O)O)c1. The number of ether oxygens (including phenoxy) is 1. The van der Waals surface area contributed by atoms with E-state index in [1.165, 1.54) is 6.07 Å². The van der Waals surface area contributed by atoms with E-state index in [9.17, 15) is 14.7 Å². The summed E-state index contributed by atoms with van der Waals surface area (Å²) >= 11 is 9.27. The van der Waals surface area contributed by atoms with Crippen molar-refractivity contribution in [2.75, 3.05) is 11.9 Å². The molecule has 0 saturated heterocycles. The van der Waals surface area contributed by atoms with Gasteiger partial charge in [0.15, 0.2) is 5.11 Å². The topological polar surface area (TPSA) is 87.7 Å². The molecular weight excluding hydrogens is 606 g/mol. The molecule has 2 rings (SSSR count). The van der Waals surface area contributed by atoms with Gasteiger partial charge >= 0.3 is 5.97 Å². The van der Waals surface area contributed by atoms with Crippen LogP contribution in [-0.4, -0.2) is 28.7 Å². The van der Waals surface area contributed by atoms with E-state index < -0.39 is 11.9 Å². The van der Waals surface area contributed by atoms with Gasteiger partial charge in [0.1, 0.15) is 5.75 Å². The first-order chi connectivity index (χ1) is 13.2. The molecule has 0 fully saturated rings. The van der Waals surface area contributed by atoms with Crippen molar-refractivity contribution in [2.24, 2.45) is 5.92 Å². The molecular formula is C19H18I2N2O4S. The van der Waals surface area contributed by atoms with Crippen molar-refractivity contribution in [1.29, 1.82) is 0 Å². The van der Waals surface area contributed by atoms with Crippen LogP contribution in [0.5, 0.6) is 5.75 Å². The molecule has 2 aromatic carbocycles. The molecule has 0 radical (unpaired) electrons. The third-order valence-corrected chi connectivity index (χ3v) is 5.11. The van der Waals surface area contributed by atoms with E-state index in [4.69, 9.17) is 17.0 Å². The maximum Gasteiger partial charge on any atom is 0.337 e. The Morgan fingerprint density at radius 1 is 1.21 bits per heavy atom. The number of thiocarbonyl (C=S) groups is 1. The summed E-state index contributed by atoms with van der Waals surface area (Å²) in [7, 11) is 0. The summed E-state index contributed by atoms with van der Waals surface area (Å²) in [6.45, 7) is 4.63.